The first-order valence-electron chi connectivity index (χ1n) is 8.76. The maximum absolute atomic E-state index is 12.7. The van der Waals surface area contributed by atoms with Crippen LogP contribution < -0.4 is 5.32 Å². The van der Waals surface area contributed by atoms with Crippen molar-refractivity contribution < 1.29 is 19.6 Å². The molecule has 0 saturated heterocycles. The van der Waals surface area contributed by atoms with E-state index in [9.17, 15) is 24.8 Å². The van der Waals surface area contributed by atoms with Gasteiger partial charge < -0.3 is 15.4 Å². The van der Waals surface area contributed by atoms with E-state index in [1.165, 1.54) is 18.3 Å². The predicted octanol–water partition coefficient (Wildman–Crippen LogP) is 3.23. The minimum Gasteiger partial charge on any atom is -0.481 e. The molecule has 1 saturated carbocycles. The molecule has 1 aliphatic carbocycles. The number of hydrogen-bond acceptors (Lipinski definition) is 4. The van der Waals surface area contributed by atoms with Gasteiger partial charge in [0.15, 0.2) is 0 Å². The van der Waals surface area contributed by atoms with Gasteiger partial charge in [0.05, 0.1) is 16.4 Å². The predicted molar refractivity (Wildman–Crippen MR) is 95.0 cm³/mol. The average molecular weight is 359 g/mol. The average Bonchev–Trinajstić information content (AvgIpc) is 3.00. The van der Waals surface area contributed by atoms with Crippen molar-refractivity contribution in [2.24, 2.45) is 5.92 Å². The summed E-state index contributed by atoms with van der Waals surface area (Å²) in [7, 11) is 0. The van der Waals surface area contributed by atoms with Crippen LogP contribution in [0.15, 0.2) is 24.4 Å². The molecule has 0 spiro atoms. The van der Waals surface area contributed by atoms with Crippen LogP contribution in [0.1, 0.15) is 48.9 Å². The second kappa shape index (κ2) is 7.55. The molecule has 0 bridgehead atoms. The number of H-pyrrole nitrogens is 1. The van der Waals surface area contributed by atoms with Crippen LogP contribution in [-0.4, -0.2) is 32.9 Å². The number of carboxylic acid groups (broad SMARTS) is 1. The molecule has 2 atom stereocenters. The molecule has 1 amide bonds. The van der Waals surface area contributed by atoms with Gasteiger partial charge in [-0.25, -0.2) is 0 Å². The quantitative estimate of drug-likeness (QED) is 0.571. The van der Waals surface area contributed by atoms with Crippen LogP contribution in [0.2, 0.25) is 0 Å². The van der Waals surface area contributed by atoms with Crippen LogP contribution in [0.5, 0.6) is 0 Å². The van der Waals surface area contributed by atoms with Crippen LogP contribution in [0, 0.1) is 16.0 Å². The smallest absolute Gasteiger partial charge is 0.308 e. The monoisotopic (exact) mass is 359 g/mol. The van der Waals surface area contributed by atoms with E-state index in [2.05, 4.69) is 10.3 Å². The number of benzene rings is 1. The van der Waals surface area contributed by atoms with E-state index in [4.69, 9.17) is 0 Å². The van der Waals surface area contributed by atoms with Crippen molar-refractivity contribution >= 4 is 28.5 Å². The molecule has 1 aromatic carbocycles. The lowest BCUT2D eigenvalue weighted by molar-refractivity contribution is -0.384. The highest BCUT2D eigenvalue weighted by atomic mass is 16.6. The van der Waals surface area contributed by atoms with Crippen molar-refractivity contribution in [2.45, 2.75) is 44.6 Å². The molecule has 3 N–H and O–H groups in total. The highest BCUT2D eigenvalue weighted by molar-refractivity contribution is 6.07. The SMILES string of the molecule is O=C(NC1CCCCCCC1C(=O)O)c1c[nH]c2ccc([N+](=O)[O-])cc12. The van der Waals surface area contributed by atoms with Crippen LogP contribution in [0.25, 0.3) is 10.9 Å². The summed E-state index contributed by atoms with van der Waals surface area (Å²) in [4.78, 5) is 37.7. The van der Waals surface area contributed by atoms with Gasteiger partial charge in [-0.2, -0.15) is 0 Å². The molecule has 8 nitrogen and oxygen atoms in total. The highest BCUT2D eigenvalue weighted by Crippen LogP contribution is 2.26. The second-order valence-electron chi connectivity index (χ2n) is 6.71. The minimum absolute atomic E-state index is 0.0967. The Morgan fingerprint density at radius 1 is 1.19 bits per heavy atom. The fraction of sp³-hybridized carbons (Fsp3) is 0.444. The van der Waals surface area contributed by atoms with Crippen molar-refractivity contribution in [1.82, 2.24) is 10.3 Å². The summed E-state index contributed by atoms with van der Waals surface area (Å²) >= 11 is 0. The van der Waals surface area contributed by atoms with Gasteiger partial charge in [-0.15, -0.1) is 0 Å². The number of carbonyl (C=O) groups is 2. The molecule has 26 heavy (non-hydrogen) atoms. The Kier molecular flexibility index (Phi) is 5.20. The lowest BCUT2D eigenvalue weighted by Gasteiger charge is -2.27. The highest BCUT2D eigenvalue weighted by Gasteiger charge is 2.30. The van der Waals surface area contributed by atoms with Crippen molar-refractivity contribution in [3.63, 3.8) is 0 Å². The van der Waals surface area contributed by atoms with E-state index in [0.29, 0.717) is 23.7 Å². The van der Waals surface area contributed by atoms with Crippen LogP contribution in [0.3, 0.4) is 0 Å². The number of rotatable bonds is 4. The van der Waals surface area contributed by atoms with Gasteiger partial charge in [-0.05, 0) is 18.9 Å². The number of aromatic amines is 1. The number of aromatic nitrogens is 1. The molecule has 0 aliphatic heterocycles. The van der Waals surface area contributed by atoms with E-state index >= 15 is 0 Å². The third-order valence-corrected chi connectivity index (χ3v) is 5.02. The van der Waals surface area contributed by atoms with Gasteiger partial charge in [-0.3, -0.25) is 19.7 Å². The molecule has 0 radical (unpaired) electrons. The molecule has 3 rings (SSSR count). The molecule has 138 valence electrons. The Labute approximate surface area is 149 Å². The van der Waals surface area contributed by atoms with Gasteiger partial charge >= 0.3 is 5.97 Å². The Balaban J connectivity index is 1.86. The van der Waals surface area contributed by atoms with Gasteiger partial charge in [0.2, 0.25) is 0 Å². The molecular formula is C18H21N3O5. The first kappa shape index (κ1) is 17.9. The van der Waals surface area contributed by atoms with E-state index < -0.39 is 28.8 Å². The van der Waals surface area contributed by atoms with E-state index in [1.54, 1.807) is 6.07 Å². The number of nitrogens with one attached hydrogen (secondary N) is 2. The summed E-state index contributed by atoms with van der Waals surface area (Å²) < 4.78 is 0. The molecule has 8 heteroatoms. The maximum Gasteiger partial charge on any atom is 0.308 e. The molecule has 2 aromatic rings. The standard InChI is InChI=1S/C18H21N3O5/c22-17(20-16-6-4-2-1-3-5-12(16)18(23)24)14-10-19-15-8-7-11(21(25)26)9-13(14)15/h7-10,12,16,19H,1-6H2,(H,20,22)(H,23,24). The van der Waals surface area contributed by atoms with Crippen molar-refractivity contribution in [3.8, 4) is 0 Å². The van der Waals surface area contributed by atoms with Crippen LogP contribution >= 0.6 is 0 Å². The van der Waals surface area contributed by atoms with Gasteiger partial charge in [0.25, 0.3) is 11.6 Å². The molecule has 1 aromatic heterocycles. The number of hydrogen-bond donors (Lipinski definition) is 3. The number of nitrogens with zero attached hydrogens (tertiary/aromatic N) is 1. The third kappa shape index (κ3) is 3.68. The number of carbonyl (C=O) groups excluding carboxylic acids is 1. The zero-order valence-corrected chi connectivity index (χ0v) is 14.2. The fourth-order valence-corrected chi connectivity index (χ4v) is 3.61. The number of carboxylic acids is 1. The van der Waals surface area contributed by atoms with Crippen molar-refractivity contribution in [2.75, 3.05) is 0 Å². The fourth-order valence-electron chi connectivity index (χ4n) is 3.61. The number of amides is 1. The largest absolute Gasteiger partial charge is 0.481 e. The minimum atomic E-state index is -0.897. The molecular weight excluding hydrogens is 338 g/mol. The normalized spacial score (nSPS) is 20.9. The Bertz CT molecular complexity index is 844. The maximum atomic E-state index is 12.7. The zero-order valence-electron chi connectivity index (χ0n) is 14.2. The summed E-state index contributed by atoms with van der Waals surface area (Å²) in [6.45, 7) is 0. The lowest BCUT2D eigenvalue weighted by atomic mass is 9.86. The number of nitro groups is 1. The van der Waals surface area contributed by atoms with E-state index in [-0.39, 0.29) is 11.3 Å². The summed E-state index contributed by atoms with van der Waals surface area (Å²) in [6, 6.07) is 3.84. The van der Waals surface area contributed by atoms with Gasteiger partial charge in [0.1, 0.15) is 0 Å². The second-order valence-corrected chi connectivity index (χ2v) is 6.71. The zero-order chi connectivity index (χ0) is 18.7. The summed E-state index contributed by atoms with van der Waals surface area (Å²) in [5.74, 6) is -1.92. The Morgan fingerprint density at radius 3 is 2.62 bits per heavy atom. The topological polar surface area (TPSA) is 125 Å². The molecule has 1 heterocycles. The van der Waals surface area contributed by atoms with Crippen LogP contribution in [-0.2, 0) is 4.79 Å². The Hall–Kier alpha value is -2.90. The molecule has 2 unspecified atom stereocenters. The first-order chi connectivity index (χ1) is 12.5. The van der Waals surface area contributed by atoms with E-state index in [0.717, 1.165) is 25.7 Å². The van der Waals surface area contributed by atoms with E-state index in [1.807, 2.05) is 0 Å². The van der Waals surface area contributed by atoms with Gasteiger partial charge in [-0.1, -0.05) is 25.7 Å². The van der Waals surface area contributed by atoms with Crippen LogP contribution in [0.4, 0.5) is 5.69 Å². The van der Waals surface area contributed by atoms with Crippen molar-refractivity contribution in [3.05, 3.63) is 40.1 Å². The summed E-state index contributed by atoms with van der Waals surface area (Å²) in [5, 5.41) is 23.8. The molecule has 1 fully saturated rings. The first-order valence-corrected chi connectivity index (χ1v) is 8.76. The van der Waals surface area contributed by atoms with Crippen molar-refractivity contribution in [1.29, 1.82) is 0 Å². The Morgan fingerprint density at radius 2 is 1.92 bits per heavy atom. The number of non-ortho nitro benzene ring substituents is 1. The number of nitro benzene ring substituents is 1. The lowest BCUT2D eigenvalue weighted by Crippen LogP contribution is -2.43. The summed E-state index contributed by atoms with van der Waals surface area (Å²) in [5.41, 5.74) is 0.809. The van der Waals surface area contributed by atoms with Gasteiger partial charge in [0, 0.05) is 35.3 Å². The third-order valence-electron chi connectivity index (χ3n) is 5.02. The number of aliphatic carboxylic acids is 1. The number of fused-ring (bicyclic) bond motifs is 1. The summed E-state index contributed by atoms with van der Waals surface area (Å²) in [6.07, 6.45) is 6.40. The molecule has 1 aliphatic rings.